The van der Waals surface area contributed by atoms with Gasteiger partial charge in [0.05, 0.1) is 5.69 Å². The quantitative estimate of drug-likeness (QED) is 0.756. The average molecular weight is 322 g/mol. The van der Waals surface area contributed by atoms with Gasteiger partial charge in [0.25, 0.3) is 5.91 Å². The van der Waals surface area contributed by atoms with E-state index in [2.05, 4.69) is 20.6 Å². The Morgan fingerprint density at radius 3 is 2.54 bits per heavy atom. The molecule has 0 aliphatic carbocycles. The predicted octanol–water partition coefficient (Wildman–Crippen LogP) is 3.29. The van der Waals surface area contributed by atoms with Crippen LogP contribution >= 0.6 is 0 Å². The number of hydrogen-bond donors (Lipinski definition) is 2. The molecular weight excluding hydrogens is 307 g/mol. The number of carbonyl (C=O) groups excluding carboxylic acids is 1. The van der Waals surface area contributed by atoms with Crippen molar-refractivity contribution in [2.45, 2.75) is 6.54 Å². The number of anilines is 2. The fraction of sp³-hybridized carbons (Fsp3) is 0.0556. The number of benzene rings is 2. The summed E-state index contributed by atoms with van der Waals surface area (Å²) in [6, 6.07) is 17.3. The smallest absolute Gasteiger partial charge is 0.270 e. The maximum Gasteiger partial charge on any atom is 0.270 e. The van der Waals surface area contributed by atoms with E-state index in [0.29, 0.717) is 12.4 Å². The van der Waals surface area contributed by atoms with Crippen LogP contribution < -0.4 is 10.6 Å². The Balaban J connectivity index is 1.68. The highest BCUT2D eigenvalue weighted by atomic mass is 19.1. The van der Waals surface area contributed by atoms with Crippen LogP contribution in [-0.4, -0.2) is 15.9 Å². The lowest BCUT2D eigenvalue weighted by molar-refractivity contribution is 0.0946. The number of nitrogens with zero attached hydrogens (tertiary/aromatic N) is 2. The summed E-state index contributed by atoms with van der Waals surface area (Å²) in [4.78, 5) is 20.2. The predicted molar refractivity (Wildman–Crippen MR) is 89.3 cm³/mol. The molecule has 5 nitrogen and oxygen atoms in total. The van der Waals surface area contributed by atoms with Crippen LogP contribution in [-0.2, 0) is 6.54 Å². The molecule has 120 valence electrons. The minimum absolute atomic E-state index is 0.208. The molecule has 1 aromatic heterocycles. The van der Waals surface area contributed by atoms with Crippen molar-refractivity contribution in [1.29, 1.82) is 0 Å². The molecule has 0 aliphatic rings. The zero-order valence-corrected chi connectivity index (χ0v) is 12.7. The highest BCUT2D eigenvalue weighted by Crippen LogP contribution is 2.17. The van der Waals surface area contributed by atoms with E-state index in [-0.39, 0.29) is 17.3 Å². The molecule has 0 saturated carbocycles. The SMILES string of the molecule is O=C(NCc1ccccc1)c1cc(Nc2ccccc2F)ncn1. The molecule has 3 rings (SSSR count). The minimum Gasteiger partial charge on any atom is -0.347 e. The molecule has 0 radical (unpaired) electrons. The summed E-state index contributed by atoms with van der Waals surface area (Å²) >= 11 is 0. The molecule has 0 fully saturated rings. The molecule has 24 heavy (non-hydrogen) atoms. The lowest BCUT2D eigenvalue weighted by Crippen LogP contribution is -2.24. The fourth-order valence-corrected chi connectivity index (χ4v) is 2.12. The summed E-state index contributed by atoms with van der Waals surface area (Å²) in [6.45, 7) is 0.403. The van der Waals surface area contributed by atoms with Gasteiger partial charge in [-0.25, -0.2) is 14.4 Å². The third-order valence-corrected chi connectivity index (χ3v) is 3.33. The Bertz CT molecular complexity index is 839. The lowest BCUT2D eigenvalue weighted by atomic mass is 10.2. The molecule has 0 bridgehead atoms. The lowest BCUT2D eigenvalue weighted by Gasteiger charge is -2.08. The largest absolute Gasteiger partial charge is 0.347 e. The monoisotopic (exact) mass is 322 g/mol. The topological polar surface area (TPSA) is 66.9 Å². The first-order valence-electron chi connectivity index (χ1n) is 7.38. The van der Waals surface area contributed by atoms with Gasteiger partial charge in [-0.1, -0.05) is 42.5 Å². The van der Waals surface area contributed by atoms with Crippen molar-refractivity contribution in [3.8, 4) is 0 Å². The molecule has 0 aliphatic heterocycles. The number of nitrogens with one attached hydrogen (secondary N) is 2. The van der Waals surface area contributed by atoms with E-state index >= 15 is 0 Å². The zero-order valence-electron chi connectivity index (χ0n) is 12.7. The van der Waals surface area contributed by atoms with Crippen molar-refractivity contribution < 1.29 is 9.18 Å². The first kappa shape index (κ1) is 15.6. The van der Waals surface area contributed by atoms with E-state index in [1.165, 1.54) is 18.5 Å². The van der Waals surface area contributed by atoms with Gasteiger partial charge in [-0.15, -0.1) is 0 Å². The van der Waals surface area contributed by atoms with Crippen LogP contribution in [0.25, 0.3) is 0 Å². The third-order valence-electron chi connectivity index (χ3n) is 3.33. The van der Waals surface area contributed by atoms with Crippen LogP contribution in [0.5, 0.6) is 0 Å². The molecule has 2 aromatic carbocycles. The number of hydrogen-bond acceptors (Lipinski definition) is 4. The van der Waals surface area contributed by atoms with Gasteiger partial charge in [-0.3, -0.25) is 4.79 Å². The Labute approximate surface area is 138 Å². The molecule has 6 heteroatoms. The molecule has 0 saturated heterocycles. The molecule has 0 atom stereocenters. The Kier molecular flexibility index (Phi) is 4.76. The van der Waals surface area contributed by atoms with E-state index in [1.54, 1.807) is 18.2 Å². The van der Waals surface area contributed by atoms with Crippen LogP contribution in [0, 0.1) is 5.82 Å². The summed E-state index contributed by atoms with van der Waals surface area (Å²) in [6.07, 6.45) is 1.26. The van der Waals surface area contributed by atoms with E-state index in [9.17, 15) is 9.18 Å². The van der Waals surface area contributed by atoms with Crippen molar-refractivity contribution in [2.75, 3.05) is 5.32 Å². The average Bonchev–Trinajstić information content (AvgIpc) is 2.63. The van der Waals surface area contributed by atoms with Gasteiger partial charge in [-0.2, -0.15) is 0 Å². The third kappa shape index (κ3) is 3.92. The minimum atomic E-state index is -0.397. The Morgan fingerprint density at radius 2 is 1.75 bits per heavy atom. The van der Waals surface area contributed by atoms with E-state index in [0.717, 1.165) is 5.56 Å². The standard InChI is InChI=1S/C18H15FN4O/c19-14-8-4-5-9-15(14)23-17-10-16(21-12-22-17)18(24)20-11-13-6-2-1-3-7-13/h1-10,12H,11H2,(H,20,24)(H,21,22,23). The number of carbonyl (C=O) groups is 1. The van der Waals surface area contributed by atoms with Crippen molar-refractivity contribution >= 4 is 17.4 Å². The summed E-state index contributed by atoms with van der Waals surface area (Å²) in [7, 11) is 0. The maximum atomic E-state index is 13.7. The van der Waals surface area contributed by atoms with Crippen molar-refractivity contribution in [3.63, 3.8) is 0 Å². The number of para-hydroxylation sites is 1. The molecule has 1 heterocycles. The van der Waals surface area contributed by atoms with E-state index in [1.807, 2.05) is 30.3 Å². The Hall–Kier alpha value is -3.28. The van der Waals surface area contributed by atoms with E-state index < -0.39 is 5.82 Å². The maximum absolute atomic E-state index is 13.7. The normalized spacial score (nSPS) is 10.2. The van der Waals surface area contributed by atoms with Crippen molar-refractivity contribution in [1.82, 2.24) is 15.3 Å². The molecule has 2 N–H and O–H groups in total. The van der Waals surface area contributed by atoms with Gasteiger partial charge in [0.2, 0.25) is 0 Å². The van der Waals surface area contributed by atoms with Crippen molar-refractivity contribution in [2.24, 2.45) is 0 Å². The first-order valence-corrected chi connectivity index (χ1v) is 7.38. The van der Waals surface area contributed by atoms with Gasteiger partial charge in [-0.05, 0) is 17.7 Å². The second-order valence-electron chi connectivity index (χ2n) is 5.06. The molecule has 0 unspecified atom stereocenters. The number of aromatic nitrogens is 2. The highest BCUT2D eigenvalue weighted by molar-refractivity contribution is 5.92. The summed E-state index contributed by atoms with van der Waals surface area (Å²) < 4.78 is 13.7. The van der Waals surface area contributed by atoms with Gasteiger partial charge in [0.15, 0.2) is 0 Å². The molecule has 0 spiro atoms. The highest BCUT2D eigenvalue weighted by Gasteiger charge is 2.09. The van der Waals surface area contributed by atoms with Gasteiger partial charge < -0.3 is 10.6 Å². The number of amides is 1. The molecule has 1 amide bonds. The molecule has 3 aromatic rings. The van der Waals surface area contributed by atoms with E-state index in [4.69, 9.17) is 0 Å². The van der Waals surface area contributed by atoms with Crippen LogP contribution in [0.4, 0.5) is 15.9 Å². The van der Waals surface area contributed by atoms with Gasteiger partial charge >= 0.3 is 0 Å². The van der Waals surface area contributed by atoms with Crippen LogP contribution in [0.15, 0.2) is 67.0 Å². The fourth-order valence-electron chi connectivity index (χ4n) is 2.12. The number of halogens is 1. The van der Waals surface area contributed by atoms with Gasteiger partial charge in [0, 0.05) is 12.6 Å². The van der Waals surface area contributed by atoms with Crippen LogP contribution in [0.2, 0.25) is 0 Å². The summed E-state index contributed by atoms with van der Waals surface area (Å²) in [5.74, 6) is -0.371. The number of rotatable bonds is 5. The van der Waals surface area contributed by atoms with Gasteiger partial charge in [0.1, 0.15) is 23.7 Å². The summed E-state index contributed by atoms with van der Waals surface area (Å²) in [5, 5.41) is 5.62. The zero-order chi connectivity index (χ0) is 16.8. The second kappa shape index (κ2) is 7.32. The first-order chi connectivity index (χ1) is 11.7. The van der Waals surface area contributed by atoms with Crippen LogP contribution in [0.3, 0.4) is 0 Å². The Morgan fingerprint density at radius 1 is 1.00 bits per heavy atom. The van der Waals surface area contributed by atoms with Crippen LogP contribution in [0.1, 0.15) is 16.1 Å². The molecular formula is C18H15FN4O. The summed E-state index contributed by atoms with van der Waals surface area (Å²) in [5.41, 5.74) is 1.48. The second-order valence-corrected chi connectivity index (χ2v) is 5.06. The van der Waals surface area contributed by atoms with Crippen molar-refractivity contribution in [3.05, 3.63) is 84.1 Å².